The summed E-state index contributed by atoms with van der Waals surface area (Å²) >= 11 is 0. The molecule has 1 aliphatic rings. The monoisotopic (exact) mass is 283 g/mol. The predicted molar refractivity (Wildman–Crippen MR) is 88.2 cm³/mol. The SMILES string of the molecule is CCCCCCCCCCC(CC1CCOC1)NCC. The van der Waals surface area contributed by atoms with Gasteiger partial charge in [0.25, 0.3) is 0 Å². The van der Waals surface area contributed by atoms with E-state index in [4.69, 9.17) is 4.74 Å². The van der Waals surface area contributed by atoms with Crippen LogP contribution in [0.5, 0.6) is 0 Å². The Morgan fingerprint density at radius 1 is 1.00 bits per heavy atom. The molecule has 0 aromatic carbocycles. The largest absolute Gasteiger partial charge is 0.381 e. The zero-order valence-corrected chi connectivity index (χ0v) is 14.0. The van der Waals surface area contributed by atoms with Gasteiger partial charge in [0.2, 0.25) is 0 Å². The maximum Gasteiger partial charge on any atom is 0.0495 e. The third-order valence-corrected chi connectivity index (χ3v) is 4.54. The molecule has 1 heterocycles. The normalized spacial score (nSPS) is 20.4. The molecule has 0 radical (unpaired) electrons. The first-order valence-corrected chi connectivity index (χ1v) is 9.18. The number of nitrogens with one attached hydrogen (secondary N) is 1. The van der Waals surface area contributed by atoms with E-state index in [-0.39, 0.29) is 0 Å². The third-order valence-electron chi connectivity index (χ3n) is 4.54. The lowest BCUT2D eigenvalue weighted by molar-refractivity contribution is 0.180. The molecule has 20 heavy (non-hydrogen) atoms. The molecular weight excluding hydrogens is 246 g/mol. The molecule has 2 unspecified atom stereocenters. The van der Waals surface area contributed by atoms with Gasteiger partial charge in [0.1, 0.15) is 0 Å². The van der Waals surface area contributed by atoms with E-state index in [2.05, 4.69) is 19.2 Å². The highest BCUT2D eigenvalue weighted by atomic mass is 16.5. The summed E-state index contributed by atoms with van der Waals surface area (Å²) in [5, 5.41) is 3.67. The number of rotatable bonds is 13. The first-order chi connectivity index (χ1) is 9.86. The minimum absolute atomic E-state index is 0.729. The Hall–Kier alpha value is -0.0800. The summed E-state index contributed by atoms with van der Waals surface area (Å²) in [5.74, 6) is 0.813. The van der Waals surface area contributed by atoms with E-state index in [1.807, 2.05) is 0 Å². The molecule has 2 atom stereocenters. The average Bonchev–Trinajstić information content (AvgIpc) is 2.95. The van der Waals surface area contributed by atoms with Gasteiger partial charge < -0.3 is 10.1 Å². The molecule has 2 heteroatoms. The minimum atomic E-state index is 0.729. The number of hydrogen-bond acceptors (Lipinski definition) is 2. The first-order valence-electron chi connectivity index (χ1n) is 9.18. The van der Waals surface area contributed by atoms with Crippen molar-refractivity contribution in [1.29, 1.82) is 0 Å². The van der Waals surface area contributed by atoms with Gasteiger partial charge in [-0.15, -0.1) is 0 Å². The summed E-state index contributed by atoms with van der Waals surface area (Å²) in [4.78, 5) is 0. The third kappa shape index (κ3) is 8.97. The van der Waals surface area contributed by atoms with Gasteiger partial charge in [-0.1, -0.05) is 65.2 Å². The van der Waals surface area contributed by atoms with Crippen LogP contribution in [0.4, 0.5) is 0 Å². The summed E-state index contributed by atoms with van der Waals surface area (Å²) in [6, 6.07) is 0.729. The van der Waals surface area contributed by atoms with E-state index in [1.165, 1.54) is 70.6 Å². The van der Waals surface area contributed by atoms with Crippen LogP contribution in [0.1, 0.15) is 84.5 Å². The average molecular weight is 284 g/mol. The molecule has 0 spiro atoms. The van der Waals surface area contributed by atoms with E-state index in [9.17, 15) is 0 Å². The fourth-order valence-corrected chi connectivity index (χ4v) is 3.29. The van der Waals surface area contributed by atoms with Crippen molar-refractivity contribution in [3.8, 4) is 0 Å². The molecule has 120 valence electrons. The zero-order chi connectivity index (χ0) is 14.5. The van der Waals surface area contributed by atoms with Crippen molar-refractivity contribution in [3.63, 3.8) is 0 Å². The molecule has 0 saturated carbocycles. The topological polar surface area (TPSA) is 21.3 Å². The predicted octanol–water partition coefficient (Wildman–Crippen LogP) is 4.92. The van der Waals surface area contributed by atoms with E-state index in [0.717, 1.165) is 31.7 Å². The fraction of sp³-hybridized carbons (Fsp3) is 1.00. The van der Waals surface area contributed by atoms with Gasteiger partial charge in [-0.25, -0.2) is 0 Å². The minimum Gasteiger partial charge on any atom is -0.381 e. The molecule has 0 amide bonds. The number of ether oxygens (including phenoxy) is 1. The van der Waals surface area contributed by atoms with Gasteiger partial charge in [-0.2, -0.15) is 0 Å². The van der Waals surface area contributed by atoms with E-state index in [0.29, 0.717) is 0 Å². The summed E-state index contributed by atoms with van der Waals surface area (Å²) in [7, 11) is 0. The second-order valence-corrected chi connectivity index (χ2v) is 6.48. The highest BCUT2D eigenvalue weighted by Gasteiger charge is 2.19. The van der Waals surface area contributed by atoms with Crippen LogP contribution in [-0.2, 0) is 4.74 Å². The van der Waals surface area contributed by atoms with Gasteiger partial charge in [-0.3, -0.25) is 0 Å². The summed E-state index contributed by atoms with van der Waals surface area (Å²) < 4.78 is 5.50. The Bertz CT molecular complexity index is 202. The lowest BCUT2D eigenvalue weighted by atomic mass is 9.95. The van der Waals surface area contributed by atoms with Crippen molar-refractivity contribution in [2.75, 3.05) is 19.8 Å². The second-order valence-electron chi connectivity index (χ2n) is 6.48. The second kappa shape index (κ2) is 12.6. The van der Waals surface area contributed by atoms with Gasteiger partial charge in [0.05, 0.1) is 0 Å². The Balaban J connectivity index is 1.97. The van der Waals surface area contributed by atoms with Crippen molar-refractivity contribution in [2.24, 2.45) is 5.92 Å². The Morgan fingerprint density at radius 2 is 1.70 bits per heavy atom. The molecule has 2 nitrogen and oxygen atoms in total. The number of unbranched alkanes of at least 4 members (excludes halogenated alkanes) is 7. The molecule has 1 saturated heterocycles. The Morgan fingerprint density at radius 3 is 2.30 bits per heavy atom. The van der Waals surface area contributed by atoms with Crippen LogP contribution >= 0.6 is 0 Å². The van der Waals surface area contributed by atoms with Gasteiger partial charge in [0, 0.05) is 19.3 Å². The van der Waals surface area contributed by atoms with Crippen molar-refractivity contribution in [2.45, 2.75) is 90.5 Å². The van der Waals surface area contributed by atoms with E-state index < -0.39 is 0 Å². The van der Waals surface area contributed by atoms with Crippen LogP contribution in [-0.4, -0.2) is 25.8 Å². The van der Waals surface area contributed by atoms with Crippen LogP contribution in [0, 0.1) is 5.92 Å². The smallest absolute Gasteiger partial charge is 0.0495 e. The van der Waals surface area contributed by atoms with Gasteiger partial charge >= 0.3 is 0 Å². The first kappa shape index (κ1) is 18.0. The zero-order valence-electron chi connectivity index (χ0n) is 14.0. The summed E-state index contributed by atoms with van der Waals surface area (Å²) in [5.41, 5.74) is 0. The number of hydrogen-bond donors (Lipinski definition) is 1. The highest BCUT2D eigenvalue weighted by molar-refractivity contribution is 4.74. The van der Waals surface area contributed by atoms with Crippen LogP contribution in [0.25, 0.3) is 0 Å². The molecular formula is C18H37NO. The Labute approximate surface area is 127 Å². The standard InChI is InChI=1S/C18H37NO/c1-3-5-6-7-8-9-10-11-12-18(19-4-2)15-17-13-14-20-16-17/h17-19H,3-16H2,1-2H3. The molecule has 0 bridgehead atoms. The highest BCUT2D eigenvalue weighted by Crippen LogP contribution is 2.21. The molecule has 1 rings (SSSR count). The van der Waals surface area contributed by atoms with E-state index >= 15 is 0 Å². The molecule has 1 N–H and O–H groups in total. The van der Waals surface area contributed by atoms with E-state index in [1.54, 1.807) is 0 Å². The van der Waals surface area contributed by atoms with Crippen molar-refractivity contribution >= 4 is 0 Å². The maximum atomic E-state index is 5.50. The van der Waals surface area contributed by atoms with Crippen LogP contribution in [0.15, 0.2) is 0 Å². The molecule has 1 fully saturated rings. The molecule has 0 aromatic rings. The fourth-order valence-electron chi connectivity index (χ4n) is 3.29. The van der Waals surface area contributed by atoms with Crippen molar-refractivity contribution in [1.82, 2.24) is 5.32 Å². The maximum absolute atomic E-state index is 5.50. The quantitative estimate of drug-likeness (QED) is 0.484. The van der Waals surface area contributed by atoms with Gasteiger partial charge in [-0.05, 0) is 31.7 Å². The van der Waals surface area contributed by atoms with Crippen LogP contribution < -0.4 is 5.32 Å². The molecule has 0 aliphatic carbocycles. The summed E-state index contributed by atoms with van der Waals surface area (Å²) in [6.07, 6.45) is 15.3. The molecule has 0 aromatic heterocycles. The van der Waals surface area contributed by atoms with Crippen molar-refractivity contribution in [3.05, 3.63) is 0 Å². The Kier molecular flexibility index (Phi) is 11.4. The van der Waals surface area contributed by atoms with Crippen molar-refractivity contribution < 1.29 is 4.74 Å². The van der Waals surface area contributed by atoms with Crippen LogP contribution in [0.3, 0.4) is 0 Å². The van der Waals surface area contributed by atoms with Crippen LogP contribution in [0.2, 0.25) is 0 Å². The lowest BCUT2D eigenvalue weighted by Crippen LogP contribution is -2.31. The van der Waals surface area contributed by atoms with Gasteiger partial charge in [0.15, 0.2) is 0 Å². The molecule has 1 aliphatic heterocycles. The summed E-state index contributed by atoms with van der Waals surface area (Å²) in [6.45, 7) is 7.61. The lowest BCUT2D eigenvalue weighted by Gasteiger charge is -2.20.